The van der Waals surface area contributed by atoms with Gasteiger partial charge in [-0.3, -0.25) is 19.7 Å². The number of benzene rings is 1. The summed E-state index contributed by atoms with van der Waals surface area (Å²) in [5, 5.41) is 25.1. The molecule has 0 aliphatic heterocycles. The van der Waals surface area contributed by atoms with Crippen LogP contribution in [-0.2, 0) is 9.59 Å². The van der Waals surface area contributed by atoms with Gasteiger partial charge in [0.25, 0.3) is 11.6 Å². The summed E-state index contributed by atoms with van der Waals surface area (Å²) in [6, 6.07) is 3.05. The number of hydrogen-bond acceptors (Lipinski definition) is 5. The molecule has 9 nitrogen and oxygen atoms in total. The van der Waals surface area contributed by atoms with E-state index in [0.29, 0.717) is 6.42 Å². The molecule has 0 fully saturated rings. The van der Waals surface area contributed by atoms with Crippen molar-refractivity contribution >= 4 is 23.5 Å². The minimum atomic E-state index is -1.13. The van der Waals surface area contributed by atoms with Crippen LogP contribution in [0.1, 0.15) is 50.9 Å². The maximum Gasteiger partial charge on any atom is 0.326 e. The van der Waals surface area contributed by atoms with Crippen LogP contribution < -0.4 is 10.6 Å². The lowest BCUT2D eigenvalue weighted by Crippen LogP contribution is -2.52. The lowest BCUT2D eigenvalue weighted by Gasteiger charge is -2.23. The van der Waals surface area contributed by atoms with Crippen LogP contribution in [0.3, 0.4) is 0 Å². The predicted octanol–water partition coefficient (Wildman–Crippen LogP) is 2.35. The molecule has 0 spiro atoms. The van der Waals surface area contributed by atoms with Crippen LogP contribution in [0, 0.1) is 22.0 Å². The quantitative estimate of drug-likeness (QED) is 0.412. The van der Waals surface area contributed by atoms with Crippen molar-refractivity contribution in [1.29, 1.82) is 0 Å². The Morgan fingerprint density at radius 3 is 1.89 bits per heavy atom. The first kappa shape index (κ1) is 23.1. The van der Waals surface area contributed by atoms with Gasteiger partial charge < -0.3 is 15.7 Å². The first-order chi connectivity index (χ1) is 13.0. The lowest BCUT2D eigenvalue weighted by atomic mass is 10.00. The van der Waals surface area contributed by atoms with Crippen LogP contribution >= 0.6 is 0 Å². The topological polar surface area (TPSA) is 139 Å². The summed E-state index contributed by atoms with van der Waals surface area (Å²) in [5.74, 6) is -2.13. The van der Waals surface area contributed by atoms with Crippen LogP contribution in [-0.4, -0.2) is 39.9 Å². The first-order valence-corrected chi connectivity index (χ1v) is 9.09. The monoisotopic (exact) mass is 393 g/mol. The fourth-order valence-electron chi connectivity index (χ4n) is 2.64. The Morgan fingerprint density at radius 1 is 0.964 bits per heavy atom. The summed E-state index contributed by atoms with van der Waals surface area (Å²) in [6.45, 7) is 7.45. The molecule has 1 aromatic carbocycles. The van der Waals surface area contributed by atoms with Gasteiger partial charge >= 0.3 is 5.97 Å². The summed E-state index contributed by atoms with van der Waals surface area (Å²) in [7, 11) is 0. The second kappa shape index (κ2) is 10.4. The Kier molecular flexibility index (Phi) is 8.56. The summed E-state index contributed by atoms with van der Waals surface area (Å²) in [5.41, 5.74) is 0.0233. The Hall–Kier alpha value is -2.97. The van der Waals surface area contributed by atoms with Crippen LogP contribution in [0.4, 0.5) is 5.69 Å². The number of carboxylic acid groups (broad SMARTS) is 1. The van der Waals surface area contributed by atoms with Crippen molar-refractivity contribution in [3.63, 3.8) is 0 Å². The smallest absolute Gasteiger partial charge is 0.326 e. The van der Waals surface area contributed by atoms with Crippen molar-refractivity contribution < 1.29 is 24.4 Å². The molecule has 0 aliphatic carbocycles. The molecule has 0 heterocycles. The SMILES string of the molecule is CC(C)C[C@H](NC(=O)[C@H](CC(C)C)NC(=O)c1ccc([N+](=O)[O-])cc1)C(=O)O. The van der Waals surface area contributed by atoms with Crippen LogP contribution in [0.15, 0.2) is 24.3 Å². The van der Waals surface area contributed by atoms with Crippen molar-refractivity contribution in [2.45, 2.75) is 52.6 Å². The van der Waals surface area contributed by atoms with Crippen molar-refractivity contribution in [1.82, 2.24) is 10.6 Å². The molecule has 0 saturated carbocycles. The molecule has 154 valence electrons. The van der Waals surface area contributed by atoms with Gasteiger partial charge in [0.15, 0.2) is 0 Å². The summed E-state index contributed by atoms with van der Waals surface area (Å²) in [4.78, 5) is 46.6. The van der Waals surface area contributed by atoms with Crippen LogP contribution in [0.5, 0.6) is 0 Å². The zero-order valence-electron chi connectivity index (χ0n) is 16.5. The summed E-state index contributed by atoms with van der Waals surface area (Å²) >= 11 is 0. The van der Waals surface area contributed by atoms with Gasteiger partial charge in [0.1, 0.15) is 12.1 Å². The van der Waals surface area contributed by atoms with E-state index in [0.717, 1.165) is 0 Å². The number of nitro benzene ring substituents is 1. The van der Waals surface area contributed by atoms with Crippen molar-refractivity contribution in [2.24, 2.45) is 11.8 Å². The maximum absolute atomic E-state index is 12.6. The number of nitrogens with zero attached hydrogens (tertiary/aromatic N) is 1. The van der Waals surface area contributed by atoms with Gasteiger partial charge in [0.05, 0.1) is 4.92 Å². The number of nitro groups is 1. The molecule has 0 unspecified atom stereocenters. The highest BCUT2D eigenvalue weighted by Crippen LogP contribution is 2.13. The highest BCUT2D eigenvalue weighted by molar-refractivity contribution is 5.98. The van der Waals surface area contributed by atoms with Gasteiger partial charge in [-0.2, -0.15) is 0 Å². The molecule has 0 aromatic heterocycles. The van der Waals surface area contributed by atoms with E-state index in [1.165, 1.54) is 24.3 Å². The molecule has 0 bridgehead atoms. The first-order valence-electron chi connectivity index (χ1n) is 9.09. The molecule has 0 aliphatic rings. The largest absolute Gasteiger partial charge is 0.480 e. The standard InChI is InChI=1S/C19H27N3O6/c1-11(2)9-15(18(24)21-16(19(25)26)10-12(3)4)20-17(23)13-5-7-14(8-6-13)22(27)28/h5-8,11-12,15-16H,9-10H2,1-4H3,(H,20,23)(H,21,24)(H,25,26)/t15-,16-/m0/s1. The predicted molar refractivity (Wildman–Crippen MR) is 103 cm³/mol. The lowest BCUT2D eigenvalue weighted by molar-refractivity contribution is -0.384. The normalized spacial score (nSPS) is 13.1. The number of carbonyl (C=O) groups excluding carboxylic acids is 2. The van der Waals surface area contributed by atoms with Crippen LogP contribution in [0.2, 0.25) is 0 Å². The fraction of sp³-hybridized carbons (Fsp3) is 0.526. The molecular formula is C19H27N3O6. The molecule has 3 N–H and O–H groups in total. The van der Waals surface area contributed by atoms with Gasteiger partial charge in [0.2, 0.25) is 5.91 Å². The van der Waals surface area contributed by atoms with E-state index in [2.05, 4.69) is 10.6 Å². The molecule has 1 aromatic rings. The van der Waals surface area contributed by atoms with E-state index < -0.39 is 34.8 Å². The minimum Gasteiger partial charge on any atom is -0.480 e. The van der Waals surface area contributed by atoms with E-state index >= 15 is 0 Å². The number of carbonyl (C=O) groups is 3. The Balaban J connectivity index is 2.91. The number of non-ortho nitro benzene ring substituents is 1. The van der Waals surface area contributed by atoms with Crippen molar-refractivity contribution in [3.8, 4) is 0 Å². The number of hydrogen-bond donors (Lipinski definition) is 3. The minimum absolute atomic E-state index is 0.0691. The Bertz CT molecular complexity index is 715. The molecule has 0 radical (unpaired) electrons. The third-order valence-corrected chi connectivity index (χ3v) is 3.99. The highest BCUT2D eigenvalue weighted by Gasteiger charge is 2.28. The third-order valence-electron chi connectivity index (χ3n) is 3.99. The maximum atomic E-state index is 12.6. The third kappa shape index (κ3) is 7.34. The summed E-state index contributed by atoms with van der Waals surface area (Å²) < 4.78 is 0. The molecule has 28 heavy (non-hydrogen) atoms. The average Bonchev–Trinajstić information content (AvgIpc) is 2.59. The van der Waals surface area contributed by atoms with E-state index in [1.54, 1.807) is 0 Å². The summed E-state index contributed by atoms with van der Waals surface area (Å²) in [6.07, 6.45) is 0.588. The van der Waals surface area contributed by atoms with Gasteiger partial charge in [0, 0.05) is 17.7 Å². The van der Waals surface area contributed by atoms with Gasteiger partial charge in [-0.05, 0) is 36.8 Å². The van der Waals surface area contributed by atoms with E-state index in [1.807, 2.05) is 27.7 Å². The van der Waals surface area contributed by atoms with Gasteiger partial charge in [-0.1, -0.05) is 27.7 Å². The molecule has 1 rings (SSSR count). The second-order valence-corrected chi connectivity index (χ2v) is 7.49. The zero-order chi connectivity index (χ0) is 21.4. The molecular weight excluding hydrogens is 366 g/mol. The molecule has 2 amide bonds. The second-order valence-electron chi connectivity index (χ2n) is 7.49. The Morgan fingerprint density at radius 2 is 1.46 bits per heavy atom. The number of amides is 2. The average molecular weight is 393 g/mol. The van der Waals surface area contributed by atoms with Gasteiger partial charge in [-0.15, -0.1) is 0 Å². The van der Waals surface area contributed by atoms with E-state index in [-0.39, 0.29) is 29.5 Å². The number of rotatable bonds is 10. The van der Waals surface area contributed by atoms with Crippen LogP contribution in [0.25, 0.3) is 0 Å². The highest BCUT2D eigenvalue weighted by atomic mass is 16.6. The Labute approximate surface area is 163 Å². The number of carboxylic acids is 1. The van der Waals surface area contributed by atoms with E-state index in [4.69, 9.17) is 0 Å². The number of nitrogens with one attached hydrogen (secondary N) is 2. The number of aliphatic carboxylic acids is 1. The molecule has 9 heteroatoms. The molecule has 0 saturated heterocycles. The van der Waals surface area contributed by atoms with Crippen molar-refractivity contribution in [2.75, 3.05) is 0 Å². The van der Waals surface area contributed by atoms with E-state index in [9.17, 15) is 29.6 Å². The zero-order valence-corrected chi connectivity index (χ0v) is 16.5. The fourth-order valence-corrected chi connectivity index (χ4v) is 2.64. The molecule has 2 atom stereocenters. The van der Waals surface area contributed by atoms with Crippen molar-refractivity contribution in [3.05, 3.63) is 39.9 Å². The van der Waals surface area contributed by atoms with Gasteiger partial charge in [-0.25, -0.2) is 4.79 Å².